The number of carbonyl (C=O) groups is 3. The fourth-order valence-corrected chi connectivity index (χ4v) is 2.78. The number of aliphatic carboxylic acids is 1. The maximum atomic E-state index is 12.0. The molecule has 0 aliphatic carbocycles. The SMILES string of the molecule is O=C(O)CNC(=O)c1ccccc1N1C(=O)CSC1=S. The molecule has 8 heteroatoms. The molecule has 0 aromatic heterocycles. The van der Waals surface area contributed by atoms with Crippen molar-refractivity contribution in [2.24, 2.45) is 0 Å². The Labute approximate surface area is 124 Å². The number of thioether (sulfide) groups is 1. The predicted molar refractivity (Wildman–Crippen MR) is 79.0 cm³/mol. The second-order valence-corrected chi connectivity index (χ2v) is 5.49. The smallest absolute Gasteiger partial charge is 0.322 e. The lowest BCUT2D eigenvalue weighted by molar-refractivity contribution is -0.135. The number of para-hydroxylation sites is 1. The van der Waals surface area contributed by atoms with Crippen LogP contribution >= 0.6 is 24.0 Å². The van der Waals surface area contributed by atoms with E-state index in [-0.39, 0.29) is 17.2 Å². The molecule has 1 heterocycles. The van der Waals surface area contributed by atoms with Crippen molar-refractivity contribution in [2.75, 3.05) is 17.2 Å². The van der Waals surface area contributed by atoms with Gasteiger partial charge in [-0.2, -0.15) is 0 Å². The summed E-state index contributed by atoms with van der Waals surface area (Å²) in [5.41, 5.74) is 0.585. The molecular formula is C12H10N2O4S2. The molecule has 1 aliphatic heterocycles. The number of carboxylic acid groups (broad SMARTS) is 1. The molecule has 0 atom stereocenters. The molecule has 104 valence electrons. The molecule has 0 saturated carbocycles. The molecule has 0 spiro atoms. The number of nitrogens with one attached hydrogen (secondary N) is 1. The van der Waals surface area contributed by atoms with Crippen LogP contribution in [0.25, 0.3) is 0 Å². The Kier molecular flexibility index (Phi) is 4.35. The zero-order valence-corrected chi connectivity index (χ0v) is 11.8. The van der Waals surface area contributed by atoms with Crippen LogP contribution in [0.15, 0.2) is 24.3 Å². The van der Waals surface area contributed by atoms with Crippen molar-refractivity contribution in [1.29, 1.82) is 0 Å². The summed E-state index contributed by atoms with van der Waals surface area (Å²) in [6.07, 6.45) is 0. The van der Waals surface area contributed by atoms with E-state index in [4.69, 9.17) is 17.3 Å². The highest BCUT2D eigenvalue weighted by Crippen LogP contribution is 2.29. The first-order chi connectivity index (χ1) is 9.50. The topological polar surface area (TPSA) is 86.7 Å². The molecule has 1 aromatic carbocycles. The third kappa shape index (κ3) is 2.97. The Balaban J connectivity index is 2.31. The van der Waals surface area contributed by atoms with Gasteiger partial charge in [0.1, 0.15) is 10.9 Å². The zero-order chi connectivity index (χ0) is 14.7. The van der Waals surface area contributed by atoms with Gasteiger partial charge < -0.3 is 10.4 Å². The van der Waals surface area contributed by atoms with Crippen LogP contribution in [0.4, 0.5) is 5.69 Å². The molecule has 6 nitrogen and oxygen atoms in total. The second-order valence-electron chi connectivity index (χ2n) is 3.88. The van der Waals surface area contributed by atoms with Crippen molar-refractivity contribution in [1.82, 2.24) is 5.32 Å². The minimum Gasteiger partial charge on any atom is -0.480 e. The lowest BCUT2D eigenvalue weighted by Gasteiger charge is -2.18. The van der Waals surface area contributed by atoms with E-state index in [1.807, 2.05) is 0 Å². The van der Waals surface area contributed by atoms with Crippen molar-refractivity contribution in [3.63, 3.8) is 0 Å². The summed E-state index contributed by atoms with van der Waals surface area (Å²) in [4.78, 5) is 35.6. The molecule has 2 N–H and O–H groups in total. The Morgan fingerprint density at radius 2 is 2.10 bits per heavy atom. The van der Waals surface area contributed by atoms with Gasteiger partial charge in [0.2, 0.25) is 5.91 Å². The van der Waals surface area contributed by atoms with E-state index in [1.165, 1.54) is 22.7 Å². The van der Waals surface area contributed by atoms with Crippen molar-refractivity contribution < 1.29 is 19.5 Å². The van der Waals surface area contributed by atoms with Crippen molar-refractivity contribution in [2.45, 2.75) is 0 Å². The van der Waals surface area contributed by atoms with Gasteiger partial charge in [-0.15, -0.1) is 0 Å². The minimum absolute atomic E-state index is 0.196. The highest BCUT2D eigenvalue weighted by Gasteiger charge is 2.30. The number of benzene rings is 1. The lowest BCUT2D eigenvalue weighted by Crippen LogP contribution is -2.33. The number of amides is 2. The fraction of sp³-hybridized carbons (Fsp3) is 0.167. The summed E-state index contributed by atoms with van der Waals surface area (Å²) in [5.74, 6) is -1.66. The Bertz CT molecular complexity index is 587. The van der Waals surface area contributed by atoms with E-state index < -0.39 is 18.4 Å². The maximum Gasteiger partial charge on any atom is 0.322 e. The number of hydrogen-bond donors (Lipinski definition) is 2. The van der Waals surface area contributed by atoms with Crippen LogP contribution in [0, 0.1) is 0 Å². The summed E-state index contributed by atoms with van der Waals surface area (Å²) in [7, 11) is 0. The van der Waals surface area contributed by atoms with E-state index in [1.54, 1.807) is 18.2 Å². The molecule has 20 heavy (non-hydrogen) atoms. The van der Waals surface area contributed by atoms with Gasteiger partial charge in [0.05, 0.1) is 17.0 Å². The van der Waals surface area contributed by atoms with Crippen molar-refractivity contribution >= 4 is 51.8 Å². The van der Waals surface area contributed by atoms with Gasteiger partial charge in [-0.05, 0) is 12.1 Å². The van der Waals surface area contributed by atoms with Crippen LogP contribution in [0.5, 0.6) is 0 Å². The molecule has 0 bridgehead atoms. The van der Waals surface area contributed by atoms with Crippen LogP contribution in [0.3, 0.4) is 0 Å². The Hall–Kier alpha value is -1.93. The summed E-state index contributed by atoms with van der Waals surface area (Å²) < 4.78 is 0.383. The van der Waals surface area contributed by atoms with Crippen LogP contribution in [-0.4, -0.2) is 39.5 Å². The second kappa shape index (κ2) is 6.02. The number of thiocarbonyl (C=S) groups is 1. The molecule has 2 amide bonds. The third-order valence-corrected chi connectivity index (χ3v) is 3.90. The Morgan fingerprint density at radius 1 is 1.40 bits per heavy atom. The van der Waals surface area contributed by atoms with Crippen molar-refractivity contribution in [3.05, 3.63) is 29.8 Å². The minimum atomic E-state index is -1.14. The first-order valence-corrected chi connectivity index (χ1v) is 6.99. The summed E-state index contributed by atoms with van der Waals surface area (Å²) in [6, 6.07) is 6.44. The molecule has 0 radical (unpaired) electrons. The normalized spacial score (nSPS) is 14.5. The van der Waals surface area contributed by atoms with E-state index in [0.29, 0.717) is 10.0 Å². The van der Waals surface area contributed by atoms with Gasteiger partial charge in [-0.1, -0.05) is 36.1 Å². The number of carbonyl (C=O) groups excluding carboxylic acids is 2. The number of anilines is 1. The number of rotatable bonds is 4. The number of hydrogen-bond acceptors (Lipinski definition) is 5. The largest absolute Gasteiger partial charge is 0.480 e. The van der Waals surface area contributed by atoms with Crippen LogP contribution in [0.1, 0.15) is 10.4 Å². The molecule has 1 fully saturated rings. The van der Waals surface area contributed by atoms with Crippen molar-refractivity contribution in [3.8, 4) is 0 Å². The first-order valence-electron chi connectivity index (χ1n) is 5.59. The zero-order valence-electron chi connectivity index (χ0n) is 10.2. The highest BCUT2D eigenvalue weighted by molar-refractivity contribution is 8.24. The van der Waals surface area contributed by atoms with E-state index >= 15 is 0 Å². The first kappa shape index (κ1) is 14.5. The summed E-state index contributed by atoms with van der Waals surface area (Å²) in [6.45, 7) is -0.486. The van der Waals surface area contributed by atoms with E-state index in [0.717, 1.165) is 0 Å². The fourth-order valence-electron chi connectivity index (χ4n) is 1.70. The molecule has 0 unspecified atom stereocenters. The average molecular weight is 310 g/mol. The molecule has 2 rings (SSSR count). The maximum absolute atomic E-state index is 12.0. The Morgan fingerprint density at radius 3 is 2.70 bits per heavy atom. The highest BCUT2D eigenvalue weighted by atomic mass is 32.2. The van der Waals surface area contributed by atoms with E-state index in [9.17, 15) is 14.4 Å². The van der Waals surface area contributed by atoms with Gasteiger partial charge in [-0.25, -0.2) is 0 Å². The average Bonchev–Trinajstić information content (AvgIpc) is 2.75. The monoisotopic (exact) mass is 310 g/mol. The van der Waals surface area contributed by atoms with Gasteiger partial charge in [0, 0.05) is 0 Å². The van der Waals surface area contributed by atoms with Crippen LogP contribution in [0.2, 0.25) is 0 Å². The quantitative estimate of drug-likeness (QED) is 0.802. The molecule has 1 saturated heterocycles. The lowest BCUT2D eigenvalue weighted by atomic mass is 10.1. The van der Waals surface area contributed by atoms with Crippen LogP contribution in [-0.2, 0) is 9.59 Å². The van der Waals surface area contributed by atoms with Gasteiger partial charge in [0.15, 0.2) is 0 Å². The number of carboxylic acids is 1. The molecule has 1 aliphatic rings. The molecular weight excluding hydrogens is 300 g/mol. The standard InChI is InChI=1S/C12H10N2O4S2/c15-9-6-20-12(19)14(9)8-4-2-1-3-7(8)11(18)13-5-10(16)17/h1-4H,5-6H2,(H,13,18)(H,16,17). The third-order valence-electron chi connectivity index (χ3n) is 2.54. The van der Waals surface area contributed by atoms with Gasteiger partial charge in [-0.3, -0.25) is 19.3 Å². The van der Waals surface area contributed by atoms with Crippen LogP contribution < -0.4 is 10.2 Å². The van der Waals surface area contributed by atoms with Gasteiger partial charge >= 0.3 is 5.97 Å². The predicted octanol–water partition coefficient (Wildman–Crippen LogP) is 0.866. The summed E-state index contributed by atoms with van der Waals surface area (Å²) in [5, 5.41) is 10.8. The molecule has 1 aromatic rings. The number of nitrogens with zero attached hydrogens (tertiary/aromatic N) is 1. The van der Waals surface area contributed by atoms with Gasteiger partial charge in [0.25, 0.3) is 5.91 Å². The van der Waals surface area contributed by atoms with E-state index in [2.05, 4.69) is 5.32 Å². The summed E-state index contributed by atoms with van der Waals surface area (Å²) >= 11 is 6.32.